The highest BCUT2D eigenvalue weighted by molar-refractivity contribution is 6.28. The summed E-state index contributed by atoms with van der Waals surface area (Å²) in [5.41, 5.74) is 0. The van der Waals surface area contributed by atoms with E-state index >= 15 is 0 Å². The van der Waals surface area contributed by atoms with Crippen molar-refractivity contribution in [1.82, 2.24) is 15.0 Å². The minimum atomic E-state index is -0.405. The number of anilines is 1. The van der Waals surface area contributed by atoms with E-state index in [4.69, 9.17) is 21.1 Å². The van der Waals surface area contributed by atoms with Gasteiger partial charge in [0.2, 0.25) is 11.2 Å². The Morgan fingerprint density at radius 3 is 2.81 bits per heavy atom. The Balaban J connectivity index is 2.59. The average molecular weight is 247 g/mol. The molecule has 0 spiro atoms. The number of hydrogen-bond donors (Lipinski definition) is 1. The van der Waals surface area contributed by atoms with Crippen LogP contribution in [0.1, 0.15) is 6.92 Å². The molecule has 1 aromatic heterocycles. The van der Waals surface area contributed by atoms with Crippen LogP contribution in [0.5, 0.6) is 6.01 Å². The molecule has 0 aliphatic heterocycles. The summed E-state index contributed by atoms with van der Waals surface area (Å²) in [5, 5.41) is 2.63. The van der Waals surface area contributed by atoms with E-state index in [1.54, 1.807) is 6.92 Å². The Kier molecular flexibility index (Phi) is 4.71. The molecular weight excluding hydrogens is 236 g/mol. The van der Waals surface area contributed by atoms with E-state index in [0.717, 1.165) is 0 Å². The summed E-state index contributed by atoms with van der Waals surface area (Å²) in [6.45, 7) is 2.00. The first-order valence-corrected chi connectivity index (χ1v) is 4.88. The Morgan fingerprint density at radius 2 is 2.19 bits per heavy atom. The quantitative estimate of drug-likeness (QED) is 0.758. The summed E-state index contributed by atoms with van der Waals surface area (Å²) in [5.74, 6) is -0.247. The van der Waals surface area contributed by atoms with Crippen molar-refractivity contribution in [2.45, 2.75) is 6.92 Å². The lowest BCUT2D eigenvalue weighted by molar-refractivity contribution is -0.140. The van der Waals surface area contributed by atoms with Gasteiger partial charge in [0.1, 0.15) is 6.54 Å². The summed E-state index contributed by atoms with van der Waals surface area (Å²) in [7, 11) is 1.40. The predicted molar refractivity (Wildman–Crippen MR) is 56.5 cm³/mol. The number of methoxy groups -OCH3 is 1. The minimum Gasteiger partial charge on any atom is -0.467 e. The van der Waals surface area contributed by atoms with E-state index in [2.05, 4.69) is 20.3 Å². The molecule has 8 heteroatoms. The zero-order valence-corrected chi connectivity index (χ0v) is 9.61. The maximum absolute atomic E-state index is 11.0. The normalized spacial score (nSPS) is 9.69. The molecule has 1 heterocycles. The molecule has 1 aromatic rings. The first-order valence-electron chi connectivity index (χ1n) is 4.50. The van der Waals surface area contributed by atoms with Crippen LogP contribution in [0.25, 0.3) is 0 Å². The van der Waals surface area contributed by atoms with Crippen molar-refractivity contribution in [1.29, 1.82) is 0 Å². The van der Waals surface area contributed by atoms with E-state index in [0.29, 0.717) is 6.61 Å². The number of rotatable bonds is 5. The fourth-order valence-electron chi connectivity index (χ4n) is 0.865. The first kappa shape index (κ1) is 12.4. The molecule has 0 unspecified atom stereocenters. The summed E-state index contributed by atoms with van der Waals surface area (Å²) in [6.07, 6.45) is 0. The molecule has 0 aromatic carbocycles. The molecule has 0 saturated heterocycles. The molecule has 0 radical (unpaired) electrons. The molecule has 88 valence electrons. The third-order valence-electron chi connectivity index (χ3n) is 1.47. The van der Waals surface area contributed by atoms with E-state index < -0.39 is 5.97 Å². The zero-order chi connectivity index (χ0) is 12.0. The second-order valence-corrected chi connectivity index (χ2v) is 2.91. The van der Waals surface area contributed by atoms with Gasteiger partial charge in [0, 0.05) is 0 Å². The number of ether oxygens (including phenoxy) is 2. The average Bonchev–Trinajstić information content (AvgIpc) is 2.26. The molecule has 0 amide bonds. The van der Waals surface area contributed by atoms with Crippen LogP contribution in [0.4, 0.5) is 5.95 Å². The molecule has 0 atom stereocenters. The van der Waals surface area contributed by atoms with Crippen molar-refractivity contribution < 1.29 is 14.3 Å². The number of carbonyl (C=O) groups excluding carboxylic acids is 1. The van der Waals surface area contributed by atoms with Gasteiger partial charge >= 0.3 is 12.0 Å². The Hall–Kier alpha value is -1.63. The number of nitrogens with one attached hydrogen (secondary N) is 1. The van der Waals surface area contributed by atoms with Gasteiger partial charge in [-0.1, -0.05) is 0 Å². The Labute approximate surface area is 97.2 Å². The highest BCUT2D eigenvalue weighted by atomic mass is 35.5. The molecule has 0 aliphatic carbocycles. The van der Waals surface area contributed by atoms with Gasteiger partial charge in [-0.2, -0.15) is 15.0 Å². The van der Waals surface area contributed by atoms with Crippen LogP contribution in [-0.2, 0) is 9.53 Å². The van der Waals surface area contributed by atoms with E-state index in [1.807, 2.05) is 0 Å². The van der Waals surface area contributed by atoms with E-state index in [1.165, 1.54) is 7.11 Å². The lowest BCUT2D eigenvalue weighted by atomic mass is 10.6. The van der Waals surface area contributed by atoms with Gasteiger partial charge in [0.05, 0.1) is 13.7 Å². The molecular formula is C8H11ClN4O3. The van der Waals surface area contributed by atoms with Crippen molar-refractivity contribution in [2.24, 2.45) is 0 Å². The summed E-state index contributed by atoms with van der Waals surface area (Å²) in [6, 6.07) is 0.0753. The van der Waals surface area contributed by atoms with Crippen molar-refractivity contribution in [2.75, 3.05) is 25.6 Å². The largest absolute Gasteiger partial charge is 0.467 e. The van der Waals surface area contributed by atoms with Crippen LogP contribution in [0, 0.1) is 0 Å². The fourth-order valence-corrected chi connectivity index (χ4v) is 1.02. The van der Waals surface area contributed by atoms with Crippen LogP contribution in [0.15, 0.2) is 0 Å². The minimum absolute atomic E-state index is 0.0155. The number of aromatic nitrogens is 3. The number of hydrogen-bond acceptors (Lipinski definition) is 7. The van der Waals surface area contributed by atoms with Crippen molar-refractivity contribution in [3.8, 4) is 6.01 Å². The maximum Gasteiger partial charge on any atom is 0.325 e. The van der Waals surface area contributed by atoms with Crippen LogP contribution in [0.2, 0.25) is 5.28 Å². The van der Waals surface area contributed by atoms with Crippen LogP contribution >= 0.6 is 11.6 Å². The number of carbonyl (C=O) groups is 1. The van der Waals surface area contributed by atoms with Crippen molar-refractivity contribution in [3.63, 3.8) is 0 Å². The molecule has 1 rings (SSSR count). The van der Waals surface area contributed by atoms with Crippen molar-refractivity contribution >= 4 is 23.5 Å². The molecule has 0 bridgehead atoms. The fraction of sp³-hybridized carbons (Fsp3) is 0.500. The molecule has 0 fully saturated rings. The van der Waals surface area contributed by atoms with E-state index in [-0.39, 0.29) is 23.8 Å². The standard InChI is InChI=1S/C8H11ClN4O3/c1-3-16-5(14)4-10-7-11-6(9)12-8(13-7)15-2/h3-4H2,1-2H3,(H,10,11,12,13). The smallest absolute Gasteiger partial charge is 0.325 e. The summed E-state index contributed by atoms with van der Waals surface area (Å²) >= 11 is 5.61. The monoisotopic (exact) mass is 246 g/mol. The third-order valence-corrected chi connectivity index (χ3v) is 1.64. The van der Waals surface area contributed by atoms with Gasteiger partial charge in [-0.25, -0.2) is 0 Å². The van der Waals surface area contributed by atoms with Gasteiger partial charge in [-0.3, -0.25) is 4.79 Å². The molecule has 0 aliphatic rings. The van der Waals surface area contributed by atoms with Gasteiger partial charge in [-0.15, -0.1) is 0 Å². The van der Waals surface area contributed by atoms with E-state index in [9.17, 15) is 4.79 Å². The summed E-state index contributed by atoms with van der Waals surface area (Å²) in [4.78, 5) is 22.3. The second-order valence-electron chi connectivity index (χ2n) is 2.57. The van der Waals surface area contributed by atoms with Crippen molar-refractivity contribution in [3.05, 3.63) is 5.28 Å². The maximum atomic E-state index is 11.0. The predicted octanol–water partition coefficient (Wildman–Crippen LogP) is 0.509. The second kappa shape index (κ2) is 6.06. The lowest BCUT2D eigenvalue weighted by Gasteiger charge is -2.05. The molecule has 7 nitrogen and oxygen atoms in total. The first-order chi connectivity index (χ1) is 7.65. The SMILES string of the molecule is CCOC(=O)CNc1nc(Cl)nc(OC)n1. The van der Waals surface area contributed by atoms with Gasteiger partial charge in [-0.05, 0) is 18.5 Å². The van der Waals surface area contributed by atoms with Crippen LogP contribution in [-0.4, -0.2) is 41.2 Å². The van der Waals surface area contributed by atoms with Gasteiger partial charge < -0.3 is 14.8 Å². The Bertz CT molecular complexity index is 374. The molecule has 0 saturated carbocycles. The van der Waals surface area contributed by atoms with Crippen LogP contribution < -0.4 is 10.1 Å². The van der Waals surface area contributed by atoms with Gasteiger partial charge in [0.15, 0.2) is 0 Å². The number of nitrogens with zero attached hydrogens (tertiary/aromatic N) is 3. The Morgan fingerprint density at radius 1 is 1.44 bits per heavy atom. The molecule has 16 heavy (non-hydrogen) atoms. The summed E-state index contributed by atoms with van der Waals surface area (Å²) < 4.78 is 9.50. The molecule has 1 N–H and O–H groups in total. The number of esters is 1. The van der Waals surface area contributed by atoms with Crippen LogP contribution in [0.3, 0.4) is 0 Å². The highest BCUT2D eigenvalue weighted by Gasteiger charge is 2.07. The highest BCUT2D eigenvalue weighted by Crippen LogP contribution is 2.10. The number of halogens is 1. The van der Waals surface area contributed by atoms with Gasteiger partial charge in [0.25, 0.3) is 0 Å². The topological polar surface area (TPSA) is 86.2 Å². The lowest BCUT2D eigenvalue weighted by Crippen LogP contribution is -2.18. The third kappa shape index (κ3) is 3.85. The zero-order valence-electron chi connectivity index (χ0n) is 8.86.